The average Bonchev–Trinajstić information content (AvgIpc) is 2.94. The van der Waals surface area contributed by atoms with Crippen LogP contribution in [0.3, 0.4) is 0 Å². The number of rotatable bonds is 6. The zero-order chi connectivity index (χ0) is 23.4. The van der Waals surface area contributed by atoms with Crippen molar-refractivity contribution in [2.75, 3.05) is 0 Å². The van der Waals surface area contributed by atoms with E-state index in [1.54, 1.807) is 0 Å². The van der Waals surface area contributed by atoms with Crippen molar-refractivity contribution in [1.29, 1.82) is 0 Å². The fraction of sp³-hybridized carbons (Fsp3) is 0.250. The second kappa shape index (κ2) is 9.58. The highest BCUT2D eigenvalue weighted by molar-refractivity contribution is 5.41. The summed E-state index contributed by atoms with van der Waals surface area (Å²) >= 11 is 0. The predicted molar refractivity (Wildman–Crippen MR) is 137 cm³/mol. The minimum atomic E-state index is -1.22. The van der Waals surface area contributed by atoms with E-state index < -0.39 is 11.2 Å². The summed E-state index contributed by atoms with van der Waals surface area (Å²) in [4.78, 5) is 0. The molecule has 0 spiro atoms. The molecule has 0 aromatic heterocycles. The molecular formula is C32H32O2. The van der Waals surface area contributed by atoms with Crippen LogP contribution in [0.25, 0.3) is 0 Å². The molecule has 0 saturated heterocycles. The van der Waals surface area contributed by atoms with E-state index >= 15 is 0 Å². The summed E-state index contributed by atoms with van der Waals surface area (Å²) in [6.07, 6.45) is 3.74. The number of hydrogen-bond donors (Lipinski definition) is 2. The van der Waals surface area contributed by atoms with Crippen molar-refractivity contribution >= 4 is 0 Å². The maximum atomic E-state index is 12.7. The molecule has 4 aromatic rings. The van der Waals surface area contributed by atoms with Crippen LogP contribution >= 0.6 is 0 Å². The van der Waals surface area contributed by atoms with Gasteiger partial charge in [-0.1, -0.05) is 134 Å². The fourth-order valence-electron chi connectivity index (χ4n) is 6.09. The van der Waals surface area contributed by atoms with Crippen LogP contribution < -0.4 is 0 Å². The van der Waals surface area contributed by atoms with E-state index in [-0.39, 0.29) is 11.8 Å². The molecule has 1 saturated carbocycles. The summed E-state index contributed by atoms with van der Waals surface area (Å²) in [5.74, 6) is -0.340. The van der Waals surface area contributed by atoms with Gasteiger partial charge in [0.25, 0.3) is 0 Å². The van der Waals surface area contributed by atoms with Crippen LogP contribution in [0, 0.1) is 11.8 Å². The van der Waals surface area contributed by atoms with Crippen LogP contribution in [-0.4, -0.2) is 10.2 Å². The molecule has 2 N–H and O–H groups in total. The highest BCUT2D eigenvalue weighted by atomic mass is 16.3. The van der Waals surface area contributed by atoms with Crippen LogP contribution in [0.15, 0.2) is 121 Å². The van der Waals surface area contributed by atoms with Gasteiger partial charge < -0.3 is 10.2 Å². The highest BCUT2D eigenvalue weighted by Crippen LogP contribution is 2.54. The molecule has 2 nitrogen and oxygen atoms in total. The first kappa shape index (κ1) is 22.6. The lowest BCUT2D eigenvalue weighted by atomic mass is 9.58. The normalized spacial score (nSPS) is 19.0. The molecule has 2 heteroatoms. The standard InChI is InChI=1S/C32H32O2/c33-31(25-15-5-1-6-16-25,26-17-7-2-8-18-26)29-23-13-14-24-30(29)32(34,27-19-9-3-10-20-27)28-21-11-4-12-22-28/h1-12,15-22,29-30,33-34H,13-14,23-24H2/t29-,30-/m1/s1. The Kier molecular flexibility index (Phi) is 6.36. The van der Waals surface area contributed by atoms with Crippen molar-refractivity contribution in [2.45, 2.75) is 36.9 Å². The van der Waals surface area contributed by atoms with Gasteiger partial charge in [0.05, 0.1) is 0 Å². The van der Waals surface area contributed by atoms with Gasteiger partial charge in [0.2, 0.25) is 0 Å². The smallest absolute Gasteiger partial charge is 0.118 e. The Balaban J connectivity index is 1.72. The number of hydrogen-bond acceptors (Lipinski definition) is 2. The van der Waals surface area contributed by atoms with Gasteiger partial charge in [0, 0.05) is 11.8 Å². The first-order chi connectivity index (χ1) is 16.6. The Morgan fingerprint density at radius 3 is 0.882 bits per heavy atom. The SMILES string of the molecule is OC(c1ccccc1)(c1ccccc1)[C@@H]1CCCC[C@H]1C(O)(c1ccccc1)c1ccccc1. The topological polar surface area (TPSA) is 40.5 Å². The maximum absolute atomic E-state index is 12.7. The Bertz CT molecular complexity index is 997. The lowest BCUT2D eigenvalue weighted by Crippen LogP contribution is -2.50. The largest absolute Gasteiger partial charge is 0.380 e. The summed E-state index contributed by atoms with van der Waals surface area (Å²) in [6.45, 7) is 0. The van der Waals surface area contributed by atoms with E-state index in [9.17, 15) is 10.2 Å². The van der Waals surface area contributed by atoms with Crippen LogP contribution in [0.2, 0.25) is 0 Å². The van der Waals surface area contributed by atoms with Crippen molar-refractivity contribution in [1.82, 2.24) is 0 Å². The van der Waals surface area contributed by atoms with Gasteiger partial charge in [-0.2, -0.15) is 0 Å². The third-order valence-electron chi connectivity index (χ3n) is 7.69. The second-order valence-electron chi connectivity index (χ2n) is 9.49. The highest BCUT2D eigenvalue weighted by Gasteiger charge is 2.53. The predicted octanol–water partition coefficient (Wildman–Crippen LogP) is 6.67. The van der Waals surface area contributed by atoms with Gasteiger partial charge in [-0.25, -0.2) is 0 Å². The first-order valence-electron chi connectivity index (χ1n) is 12.3. The van der Waals surface area contributed by atoms with E-state index in [0.717, 1.165) is 47.9 Å². The average molecular weight is 449 g/mol. The molecule has 0 radical (unpaired) electrons. The van der Waals surface area contributed by atoms with Crippen molar-refractivity contribution < 1.29 is 10.2 Å². The summed E-state index contributed by atoms with van der Waals surface area (Å²) < 4.78 is 0. The molecule has 4 aromatic carbocycles. The van der Waals surface area contributed by atoms with Crippen LogP contribution in [0.5, 0.6) is 0 Å². The van der Waals surface area contributed by atoms with Crippen molar-refractivity contribution in [3.05, 3.63) is 144 Å². The Morgan fingerprint density at radius 2 is 0.647 bits per heavy atom. The summed E-state index contributed by atoms with van der Waals surface area (Å²) in [5, 5.41) is 25.4. The minimum Gasteiger partial charge on any atom is -0.380 e. The van der Waals surface area contributed by atoms with Crippen molar-refractivity contribution in [3.63, 3.8) is 0 Å². The molecule has 0 aliphatic heterocycles. The van der Waals surface area contributed by atoms with Crippen LogP contribution in [-0.2, 0) is 11.2 Å². The maximum Gasteiger partial charge on any atom is 0.118 e. The monoisotopic (exact) mass is 448 g/mol. The van der Waals surface area contributed by atoms with Crippen LogP contribution in [0.1, 0.15) is 47.9 Å². The van der Waals surface area contributed by atoms with Gasteiger partial charge in [0.1, 0.15) is 11.2 Å². The molecule has 0 heterocycles. The molecule has 1 fully saturated rings. The lowest BCUT2D eigenvalue weighted by molar-refractivity contribution is -0.100. The van der Waals surface area contributed by atoms with Crippen LogP contribution in [0.4, 0.5) is 0 Å². The molecule has 0 unspecified atom stereocenters. The molecule has 34 heavy (non-hydrogen) atoms. The Morgan fingerprint density at radius 1 is 0.412 bits per heavy atom. The van der Waals surface area contributed by atoms with Gasteiger partial charge in [-0.3, -0.25) is 0 Å². The van der Waals surface area contributed by atoms with E-state index in [1.165, 1.54) is 0 Å². The zero-order valence-corrected chi connectivity index (χ0v) is 19.4. The molecular weight excluding hydrogens is 416 g/mol. The minimum absolute atomic E-state index is 0.170. The lowest BCUT2D eigenvalue weighted by Gasteiger charge is -2.50. The quantitative estimate of drug-likeness (QED) is 0.346. The zero-order valence-electron chi connectivity index (χ0n) is 19.4. The summed E-state index contributed by atoms with van der Waals surface area (Å²) in [6, 6.07) is 40.0. The fourth-order valence-corrected chi connectivity index (χ4v) is 6.09. The molecule has 1 aliphatic carbocycles. The molecule has 5 rings (SSSR count). The molecule has 1 aliphatic rings. The molecule has 172 valence electrons. The molecule has 0 bridgehead atoms. The van der Waals surface area contributed by atoms with Crippen molar-refractivity contribution in [2.24, 2.45) is 11.8 Å². The van der Waals surface area contributed by atoms with E-state index in [1.807, 2.05) is 121 Å². The van der Waals surface area contributed by atoms with E-state index in [0.29, 0.717) is 0 Å². The second-order valence-corrected chi connectivity index (χ2v) is 9.49. The van der Waals surface area contributed by atoms with Gasteiger partial charge >= 0.3 is 0 Å². The van der Waals surface area contributed by atoms with Gasteiger partial charge in [0.15, 0.2) is 0 Å². The molecule has 2 atom stereocenters. The number of aliphatic hydroxyl groups is 2. The number of benzene rings is 4. The summed E-state index contributed by atoms with van der Waals surface area (Å²) in [7, 11) is 0. The first-order valence-corrected chi connectivity index (χ1v) is 12.3. The molecule has 0 amide bonds. The van der Waals surface area contributed by atoms with E-state index in [4.69, 9.17) is 0 Å². The third-order valence-corrected chi connectivity index (χ3v) is 7.69. The van der Waals surface area contributed by atoms with E-state index in [2.05, 4.69) is 0 Å². The Hall–Kier alpha value is -3.20. The Labute approximate surface area is 202 Å². The van der Waals surface area contributed by atoms with Crippen molar-refractivity contribution in [3.8, 4) is 0 Å². The third kappa shape index (κ3) is 3.87. The van der Waals surface area contributed by atoms with Gasteiger partial charge in [-0.15, -0.1) is 0 Å². The van der Waals surface area contributed by atoms with Gasteiger partial charge in [-0.05, 0) is 35.1 Å². The summed E-state index contributed by atoms with van der Waals surface area (Å²) in [5.41, 5.74) is 1.07.